The molecule has 5 heteroatoms. The Bertz CT molecular complexity index is 380. The van der Waals surface area contributed by atoms with E-state index >= 15 is 0 Å². The molecule has 0 spiro atoms. The number of aliphatic hydroxyl groups excluding tert-OH is 1. The third-order valence-corrected chi connectivity index (χ3v) is 3.07. The molecule has 1 saturated carbocycles. The second-order valence-corrected chi connectivity index (χ2v) is 4.57. The Labute approximate surface area is 94.5 Å². The van der Waals surface area contributed by atoms with Gasteiger partial charge in [-0.15, -0.1) is 0 Å². The van der Waals surface area contributed by atoms with Gasteiger partial charge in [0.1, 0.15) is 18.0 Å². The maximum atomic E-state index is 9.48. The van der Waals surface area contributed by atoms with Gasteiger partial charge in [0.05, 0.1) is 6.10 Å². The van der Waals surface area contributed by atoms with Gasteiger partial charge >= 0.3 is 0 Å². The topological polar surface area (TPSA) is 61.3 Å². The van der Waals surface area contributed by atoms with Crippen LogP contribution < -0.4 is 10.2 Å². The Morgan fingerprint density at radius 3 is 2.88 bits per heavy atom. The fourth-order valence-corrected chi connectivity index (χ4v) is 1.99. The summed E-state index contributed by atoms with van der Waals surface area (Å²) >= 11 is 0. The highest BCUT2D eigenvalue weighted by molar-refractivity contribution is 5.50. The molecule has 2 heterocycles. The molecule has 1 atom stereocenters. The quantitative estimate of drug-likeness (QED) is 0.782. The van der Waals surface area contributed by atoms with E-state index in [0.29, 0.717) is 12.6 Å². The molecule has 1 aliphatic heterocycles. The van der Waals surface area contributed by atoms with Gasteiger partial charge in [-0.05, 0) is 19.3 Å². The molecule has 2 fully saturated rings. The maximum Gasteiger partial charge on any atom is 0.134 e. The lowest BCUT2D eigenvalue weighted by Crippen LogP contribution is -2.22. The molecule has 0 bridgehead atoms. The number of hydrogen-bond acceptors (Lipinski definition) is 5. The molecule has 2 aliphatic rings. The summed E-state index contributed by atoms with van der Waals surface area (Å²) in [5, 5.41) is 12.8. The lowest BCUT2D eigenvalue weighted by molar-refractivity contribution is 0.198. The molecule has 86 valence electrons. The zero-order valence-electron chi connectivity index (χ0n) is 9.13. The van der Waals surface area contributed by atoms with Crippen molar-refractivity contribution in [3.05, 3.63) is 12.4 Å². The molecular formula is C11H16N4O. The molecule has 16 heavy (non-hydrogen) atoms. The number of nitrogens with zero attached hydrogens (tertiary/aromatic N) is 3. The van der Waals surface area contributed by atoms with E-state index in [4.69, 9.17) is 0 Å². The second-order valence-electron chi connectivity index (χ2n) is 4.57. The van der Waals surface area contributed by atoms with Crippen LogP contribution in [-0.4, -0.2) is 40.3 Å². The van der Waals surface area contributed by atoms with Crippen molar-refractivity contribution in [3.8, 4) is 0 Å². The number of nitrogens with one attached hydrogen (secondary N) is 1. The second kappa shape index (κ2) is 3.90. The lowest BCUT2D eigenvalue weighted by atomic mass is 10.3. The Hall–Kier alpha value is -1.36. The van der Waals surface area contributed by atoms with Crippen molar-refractivity contribution in [1.29, 1.82) is 0 Å². The van der Waals surface area contributed by atoms with Gasteiger partial charge < -0.3 is 15.3 Å². The van der Waals surface area contributed by atoms with Gasteiger partial charge in [0.15, 0.2) is 0 Å². The number of hydrogen-bond donors (Lipinski definition) is 2. The van der Waals surface area contributed by atoms with E-state index in [0.717, 1.165) is 24.6 Å². The molecule has 3 rings (SSSR count). The lowest BCUT2D eigenvalue weighted by Gasteiger charge is -2.16. The predicted molar refractivity (Wildman–Crippen MR) is 61.5 cm³/mol. The highest BCUT2D eigenvalue weighted by Crippen LogP contribution is 2.25. The summed E-state index contributed by atoms with van der Waals surface area (Å²) in [7, 11) is 0. The Balaban J connectivity index is 1.73. The Kier molecular flexibility index (Phi) is 2.40. The van der Waals surface area contributed by atoms with Gasteiger partial charge in [0.2, 0.25) is 0 Å². The van der Waals surface area contributed by atoms with Crippen LogP contribution in [0.3, 0.4) is 0 Å². The van der Waals surface area contributed by atoms with Crippen LogP contribution in [0.5, 0.6) is 0 Å². The summed E-state index contributed by atoms with van der Waals surface area (Å²) in [6.45, 7) is 1.56. The number of aromatic nitrogens is 2. The van der Waals surface area contributed by atoms with Crippen LogP contribution in [0.1, 0.15) is 19.3 Å². The molecule has 1 aliphatic carbocycles. The predicted octanol–water partition coefficient (Wildman–Crippen LogP) is 0.622. The van der Waals surface area contributed by atoms with Crippen LogP contribution >= 0.6 is 0 Å². The zero-order valence-corrected chi connectivity index (χ0v) is 9.13. The molecule has 1 aromatic rings. The highest BCUT2D eigenvalue weighted by Gasteiger charge is 2.23. The van der Waals surface area contributed by atoms with Crippen LogP contribution in [0, 0.1) is 0 Å². The number of rotatable bonds is 3. The van der Waals surface area contributed by atoms with Gasteiger partial charge in [0, 0.05) is 25.2 Å². The standard InChI is InChI=1S/C11H16N4O/c16-9-3-4-15(6-9)11-5-10(12-7-13-11)14-8-1-2-8/h5,7-9,16H,1-4,6H2,(H,12,13,14)/t9-/m1/s1. The third kappa shape index (κ3) is 2.09. The molecule has 0 aromatic carbocycles. The minimum Gasteiger partial charge on any atom is -0.391 e. The molecule has 5 nitrogen and oxygen atoms in total. The monoisotopic (exact) mass is 220 g/mol. The summed E-state index contributed by atoms with van der Waals surface area (Å²) in [5.41, 5.74) is 0. The van der Waals surface area contributed by atoms with Gasteiger partial charge in [-0.2, -0.15) is 0 Å². The van der Waals surface area contributed by atoms with Crippen LogP contribution in [0.25, 0.3) is 0 Å². The van der Waals surface area contributed by atoms with E-state index < -0.39 is 0 Å². The number of β-amino-alcohol motifs (C(OH)–C–C–N with tert-alkyl or cyclic N) is 1. The third-order valence-electron chi connectivity index (χ3n) is 3.07. The highest BCUT2D eigenvalue weighted by atomic mass is 16.3. The Morgan fingerprint density at radius 1 is 1.31 bits per heavy atom. The minimum atomic E-state index is -0.213. The van der Waals surface area contributed by atoms with E-state index in [9.17, 15) is 5.11 Å². The van der Waals surface area contributed by atoms with Crippen molar-refractivity contribution in [2.45, 2.75) is 31.4 Å². The maximum absolute atomic E-state index is 9.48. The SMILES string of the molecule is O[C@@H]1CCN(c2cc(NC3CC3)ncn2)C1. The molecule has 1 aromatic heterocycles. The molecule has 0 radical (unpaired) electrons. The first-order valence-electron chi connectivity index (χ1n) is 5.83. The fraction of sp³-hybridized carbons (Fsp3) is 0.636. The molecule has 1 saturated heterocycles. The minimum absolute atomic E-state index is 0.213. The van der Waals surface area contributed by atoms with Crippen LogP contribution in [0.15, 0.2) is 12.4 Å². The van der Waals surface area contributed by atoms with Gasteiger partial charge in [-0.25, -0.2) is 9.97 Å². The summed E-state index contributed by atoms with van der Waals surface area (Å²) in [6, 6.07) is 2.57. The van der Waals surface area contributed by atoms with Crippen LogP contribution in [-0.2, 0) is 0 Å². The van der Waals surface area contributed by atoms with Crippen molar-refractivity contribution in [2.24, 2.45) is 0 Å². The van der Waals surface area contributed by atoms with E-state index in [1.54, 1.807) is 6.33 Å². The van der Waals surface area contributed by atoms with E-state index in [-0.39, 0.29) is 6.10 Å². The summed E-state index contributed by atoms with van der Waals surface area (Å²) in [5.74, 6) is 1.81. The number of aliphatic hydroxyl groups is 1. The van der Waals surface area contributed by atoms with Crippen molar-refractivity contribution in [3.63, 3.8) is 0 Å². The largest absolute Gasteiger partial charge is 0.391 e. The van der Waals surface area contributed by atoms with Gasteiger partial charge in [-0.3, -0.25) is 0 Å². The normalized spacial score (nSPS) is 24.8. The summed E-state index contributed by atoms with van der Waals surface area (Å²) in [4.78, 5) is 10.5. The first kappa shape index (κ1) is 9.84. The average Bonchev–Trinajstić information content (AvgIpc) is 2.98. The first-order chi connectivity index (χ1) is 7.81. The smallest absolute Gasteiger partial charge is 0.134 e. The van der Waals surface area contributed by atoms with E-state index in [2.05, 4.69) is 20.2 Å². The average molecular weight is 220 g/mol. The molecule has 2 N–H and O–H groups in total. The van der Waals surface area contributed by atoms with Crippen molar-refractivity contribution >= 4 is 11.6 Å². The van der Waals surface area contributed by atoms with E-state index in [1.165, 1.54) is 12.8 Å². The molecule has 0 unspecified atom stereocenters. The van der Waals surface area contributed by atoms with E-state index in [1.807, 2.05) is 6.07 Å². The van der Waals surface area contributed by atoms with Crippen molar-refractivity contribution in [1.82, 2.24) is 9.97 Å². The molecule has 0 amide bonds. The van der Waals surface area contributed by atoms with Crippen LogP contribution in [0.2, 0.25) is 0 Å². The summed E-state index contributed by atoms with van der Waals surface area (Å²) in [6.07, 6.45) is 4.68. The Morgan fingerprint density at radius 2 is 2.19 bits per heavy atom. The molecular weight excluding hydrogens is 204 g/mol. The van der Waals surface area contributed by atoms with Crippen LogP contribution in [0.4, 0.5) is 11.6 Å². The summed E-state index contributed by atoms with van der Waals surface area (Å²) < 4.78 is 0. The fourth-order valence-electron chi connectivity index (χ4n) is 1.99. The van der Waals surface area contributed by atoms with Crippen molar-refractivity contribution < 1.29 is 5.11 Å². The van der Waals surface area contributed by atoms with Crippen molar-refractivity contribution in [2.75, 3.05) is 23.3 Å². The first-order valence-corrected chi connectivity index (χ1v) is 5.83. The zero-order chi connectivity index (χ0) is 11.0. The number of anilines is 2. The van der Waals surface area contributed by atoms with Gasteiger partial charge in [-0.1, -0.05) is 0 Å². The van der Waals surface area contributed by atoms with Gasteiger partial charge in [0.25, 0.3) is 0 Å².